The molecule has 0 fully saturated rings. The maximum atomic E-state index is 12.2. The molecule has 0 unspecified atom stereocenters. The molecule has 0 atom stereocenters. The second-order valence-corrected chi connectivity index (χ2v) is 5.29. The lowest BCUT2D eigenvalue weighted by atomic mass is 10.2. The van der Waals surface area contributed by atoms with Crippen molar-refractivity contribution >= 4 is 23.2 Å². The maximum Gasteiger partial charge on any atom is 0.258 e. The van der Waals surface area contributed by atoms with E-state index in [1.54, 1.807) is 55.6 Å². The van der Waals surface area contributed by atoms with Gasteiger partial charge in [0, 0.05) is 23.8 Å². The number of amides is 1. The highest BCUT2D eigenvalue weighted by Gasteiger charge is 2.08. The van der Waals surface area contributed by atoms with Crippen LogP contribution in [0.3, 0.4) is 0 Å². The number of carbonyl (C=O) groups is 1. The Kier molecular flexibility index (Phi) is 5.05. The monoisotopic (exact) mass is 345 g/mol. The molecule has 1 heterocycles. The summed E-state index contributed by atoms with van der Waals surface area (Å²) in [6, 6.07) is 16.0. The second-order valence-electron chi connectivity index (χ2n) is 5.29. The summed E-state index contributed by atoms with van der Waals surface area (Å²) in [6.07, 6.45) is 2.88. The molecule has 0 aliphatic carbocycles. The Balaban J connectivity index is 1.64. The van der Waals surface area contributed by atoms with Gasteiger partial charge in [-0.05, 0) is 48.5 Å². The van der Waals surface area contributed by atoms with E-state index in [1.165, 1.54) is 12.4 Å². The zero-order valence-corrected chi connectivity index (χ0v) is 13.9. The van der Waals surface area contributed by atoms with Crippen LogP contribution < -0.4 is 15.4 Å². The van der Waals surface area contributed by atoms with Gasteiger partial charge >= 0.3 is 0 Å². The van der Waals surface area contributed by atoms with Crippen LogP contribution in [0, 0.1) is 11.3 Å². The minimum absolute atomic E-state index is 0.305. The number of benzene rings is 2. The van der Waals surface area contributed by atoms with Gasteiger partial charge in [0.2, 0.25) is 5.95 Å². The van der Waals surface area contributed by atoms with E-state index in [1.807, 2.05) is 0 Å². The van der Waals surface area contributed by atoms with Crippen molar-refractivity contribution in [1.29, 1.82) is 5.26 Å². The van der Waals surface area contributed by atoms with Gasteiger partial charge in [0.15, 0.2) is 0 Å². The van der Waals surface area contributed by atoms with Gasteiger partial charge in [-0.1, -0.05) is 0 Å². The molecular formula is C19H15N5O2. The van der Waals surface area contributed by atoms with E-state index in [2.05, 4.69) is 26.7 Å². The van der Waals surface area contributed by atoms with Crippen molar-refractivity contribution in [3.8, 4) is 11.8 Å². The predicted molar refractivity (Wildman–Crippen MR) is 97.4 cm³/mol. The Bertz CT molecular complexity index is 930. The minimum atomic E-state index is -0.305. The fourth-order valence-electron chi connectivity index (χ4n) is 2.14. The third-order valence-electron chi connectivity index (χ3n) is 3.53. The SMILES string of the molecule is COc1ccc(NC(=O)c2cnc(Nc3ccc(C#N)cc3)nc2)cc1. The summed E-state index contributed by atoms with van der Waals surface area (Å²) in [5, 5.41) is 14.6. The normalized spacial score (nSPS) is 9.85. The number of ether oxygens (including phenoxy) is 1. The van der Waals surface area contributed by atoms with Crippen LogP contribution in [0.4, 0.5) is 17.3 Å². The summed E-state index contributed by atoms with van der Waals surface area (Å²) < 4.78 is 5.08. The molecule has 2 N–H and O–H groups in total. The number of hydrogen-bond donors (Lipinski definition) is 2. The van der Waals surface area contributed by atoms with Crippen molar-refractivity contribution in [3.05, 3.63) is 72.1 Å². The van der Waals surface area contributed by atoms with E-state index in [-0.39, 0.29) is 5.91 Å². The third-order valence-corrected chi connectivity index (χ3v) is 3.53. The first-order valence-corrected chi connectivity index (χ1v) is 7.72. The van der Waals surface area contributed by atoms with Crippen LogP contribution in [0.5, 0.6) is 5.75 Å². The van der Waals surface area contributed by atoms with Gasteiger partial charge < -0.3 is 15.4 Å². The number of carbonyl (C=O) groups excluding carboxylic acids is 1. The highest BCUT2D eigenvalue weighted by atomic mass is 16.5. The molecule has 0 saturated carbocycles. The molecule has 128 valence electrons. The quantitative estimate of drug-likeness (QED) is 0.735. The van der Waals surface area contributed by atoms with E-state index in [0.29, 0.717) is 28.5 Å². The lowest BCUT2D eigenvalue weighted by molar-refractivity contribution is 0.102. The van der Waals surface area contributed by atoms with Gasteiger partial charge in [-0.2, -0.15) is 5.26 Å². The highest BCUT2D eigenvalue weighted by molar-refractivity contribution is 6.03. The summed E-state index contributed by atoms with van der Waals surface area (Å²) in [5.41, 5.74) is 2.31. The molecule has 26 heavy (non-hydrogen) atoms. The maximum absolute atomic E-state index is 12.2. The average Bonchev–Trinajstić information content (AvgIpc) is 2.69. The second kappa shape index (κ2) is 7.77. The standard InChI is InChI=1S/C19H15N5O2/c1-26-17-8-6-15(7-9-17)23-18(25)14-11-21-19(22-12-14)24-16-4-2-13(10-20)3-5-16/h2-9,11-12H,1H3,(H,23,25)(H,21,22,24). The number of aromatic nitrogens is 2. The molecule has 3 aromatic rings. The number of nitrogens with one attached hydrogen (secondary N) is 2. The molecule has 1 aromatic heterocycles. The van der Waals surface area contributed by atoms with Crippen molar-refractivity contribution in [2.75, 3.05) is 17.7 Å². The Hall–Kier alpha value is -3.92. The van der Waals surface area contributed by atoms with Crippen molar-refractivity contribution in [3.63, 3.8) is 0 Å². The minimum Gasteiger partial charge on any atom is -0.497 e. The van der Waals surface area contributed by atoms with Crippen molar-refractivity contribution in [1.82, 2.24) is 9.97 Å². The molecule has 1 amide bonds. The first-order chi connectivity index (χ1) is 12.7. The highest BCUT2D eigenvalue weighted by Crippen LogP contribution is 2.16. The molecule has 2 aromatic carbocycles. The number of hydrogen-bond acceptors (Lipinski definition) is 6. The fraction of sp³-hybridized carbons (Fsp3) is 0.0526. The molecule has 0 saturated heterocycles. The Morgan fingerprint density at radius 3 is 2.19 bits per heavy atom. The third kappa shape index (κ3) is 4.13. The van der Waals surface area contributed by atoms with Crippen LogP contribution >= 0.6 is 0 Å². The number of rotatable bonds is 5. The zero-order valence-electron chi connectivity index (χ0n) is 13.9. The van der Waals surface area contributed by atoms with E-state index in [0.717, 1.165) is 5.69 Å². The van der Waals surface area contributed by atoms with Crippen LogP contribution in [0.15, 0.2) is 60.9 Å². The first-order valence-electron chi connectivity index (χ1n) is 7.72. The average molecular weight is 345 g/mol. The lowest BCUT2D eigenvalue weighted by Crippen LogP contribution is -2.13. The Labute approximate surface area is 150 Å². The van der Waals surface area contributed by atoms with E-state index in [4.69, 9.17) is 10.00 Å². The van der Waals surface area contributed by atoms with Crippen molar-refractivity contribution < 1.29 is 9.53 Å². The molecule has 0 aliphatic heterocycles. The molecule has 0 radical (unpaired) electrons. The summed E-state index contributed by atoms with van der Waals surface area (Å²) in [6.45, 7) is 0. The van der Waals surface area contributed by atoms with Gasteiger partial charge in [0.05, 0.1) is 24.3 Å². The summed E-state index contributed by atoms with van der Waals surface area (Å²) in [7, 11) is 1.58. The van der Waals surface area contributed by atoms with Crippen LogP contribution in [0.2, 0.25) is 0 Å². The van der Waals surface area contributed by atoms with Gasteiger partial charge in [0.1, 0.15) is 5.75 Å². The largest absolute Gasteiger partial charge is 0.497 e. The van der Waals surface area contributed by atoms with E-state index in [9.17, 15) is 4.79 Å². The Morgan fingerprint density at radius 1 is 1.00 bits per heavy atom. The molecule has 7 nitrogen and oxygen atoms in total. The lowest BCUT2D eigenvalue weighted by Gasteiger charge is -2.07. The topological polar surface area (TPSA) is 99.9 Å². The first kappa shape index (κ1) is 16.9. The fourth-order valence-corrected chi connectivity index (χ4v) is 2.14. The Morgan fingerprint density at radius 2 is 1.62 bits per heavy atom. The van der Waals surface area contributed by atoms with Crippen LogP contribution in [-0.4, -0.2) is 23.0 Å². The molecule has 0 bridgehead atoms. The van der Waals surface area contributed by atoms with E-state index >= 15 is 0 Å². The molecule has 0 aliphatic rings. The van der Waals surface area contributed by atoms with Crippen LogP contribution in [0.25, 0.3) is 0 Å². The zero-order chi connectivity index (χ0) is 18.4. The summed E-state index contributed by atoms with van der Waals surface area (Å²) in [4.78, 5) is 20.5. The number of methoxy groups -OCH3 is 1. The van der Waals surface area contributed by atoms with Gasteiger partial charge in [-0.3, -0.25) is 4.79 Å². The summed E-state index contributed by atoms with van der Waals surface area (Å²) in [5.74, 6) is 0.764. The van der Waals surface area contributed by atoms with Gasteiger partial charge in [0.25, 0.3) is 5.91 Å². The van der Waals surface area contributed by atoms with Gasteiger partial charge in [-0.15, -0.1) is 0 Å². The molecular weight excluding hydrogens is 330 g/mol. The smallest absolute Gasteiger partial charge is 0.258 e. The number of nitriles is 1. The van der Waals surface area contributed by atoms with Crippen LogP contribution in [-0.2, 0) is 0 Å². The summed E-state index contributed by atoms with van der Waals surface area (Å²) >= 11 is 0. The van der Waals surface area contributed by atoms with E-state index < -0.39 is 0 Å². The molecule has 7 heteroatoms. The van der Waals surface area contributed by atoms with Crippen LogP contribution in [0.1, 0.15) is 15.9 Å². The molecule has 3 rings (SSSR count). The van der Waals surface area contributed by atoms with Crippen molar-refractivity contribution in [2.45, 2.75) is 0 Å². The predicted octanol–water partition coefficient (Wildman–Crippen LogP) is 3.35. The number of nitrogens with zero attached hydrogens (tertiary/aromatic N) is 3. The van der Waals surface area contributed by atoms with Crippen molar-refractivity contribution in [2.24, 2.45) is 0 Å². The van der Waals surface area contributed by atoms with Gasteiger partial charge in [-0.25, -0.2) is 9.97 Å². The number of anilines is 3. The molecule has 0 spiro atoms.